The molecule has 3 unspecified atom stereocenters. The minimum atomic E-state index is -0.881. The predicted octanol–water partition coefficient (Wildman–Crippen LogP) is 0.901. The van der Waals surface area contributed by atoms with Gasteiger partial charge in [0.2, 0.25) is 5.91 Å². The van der Waals surface area contributed by atoms with Gasteiger partial charge in [-0.05, 0) is 19.3 Å². The Morgan fingerprint density at radius 3 is 2.50 bits per heavy atom. The van der Waals surface area contributed by atoms with Crippen LogP contribution in [-0.4, -0.2) is 48.2 Å². The van der Waals surface area contributed by atoms with Crippen molar-refractivity contribution in [2.45, 2.75) is 25.3 Å². The number of likely N-dealkylation sites (N-methyl/N-ethyl adjacent to an activating group) is 1. The molecular weight excluding hydrogens is 234 g/mol. The number of nitrogens with zero attached hydrogens (tertiary/aromatic N) is 1. The lowest BCUT2D eigenvalue weighted by molar-refractivity contribution is -0.150. The predicted molar refractivity (Wildman–Crippen MR) is 65.0 cm³/mol. The van der Waals surface area contributed by atoms with Crippen LogP contribution >= 0.6 is 0 Å². The van der Waals surface area contributed by atoms with Crippen LogP contribution in [0.3, 0.4) is 0 Å². The maximum absolute atomic E-state index is 12.4. The SMILES string of the molecule is CN(C(=O)C1CC=CCC1C(=O)O)C1CCOC1. The highest BCUT2D eigenvalue weighted by Crippen LogP contribution is 2.28. The lowest BCUT2D eigenvalue weighted by Gasteiger charge is -2.31. The van der Waals surface area contributed by atoms with E-state index in [1.807, 2.05) is 12.2 Å². The molecule has 2 aliphatic rings. The number of allylic oxidation sites excluding steroid dienone is 2. The Labute approximate surface area is 106 Å². The van der Waals surface area contributed by atoms with E-state index in [1.165, 1.54) is 0 Å². The number of amides is 1. The van der Waals surface area contributed by atoms with Crippen LogP contribution in [-0.2, 0) is 14.3 Å². The molecule has 1 N–H and O–H groups in total. The number of hydrogen-bond donors (Lipinski definition) is 1. The molecule has 5 heteroatoms. The van der Waals surface area contributed by atoms with Crippen molar-refractivity contribution in [2.75, 3.05) is 20.3 Å². The second-order valence-electron chi connectivity index (χ2n) is 4.96. The lowest BCUT2D eigenvalue weighted by Crippen LogP contribution is -2.44. The van der Waals surface area contributed by atoms with Crippen LogP contribution in [0.4, 0.5) is 0 Å². The number of rotatable bonds is 3. The van der Waals surface area contributed by atoms with Crippen LogP contribution in [0.2, 0.25) is 0 Å². The van der Waals surface area contributed by atoms with Gasteiger partial charge in [-0.25, -0.2) is 0 Å². The lowest BCUT2D eigenvalue weighted by atomic mass is 9.82. The third-order valence-electron chi connectivity index (χ3n) is 3.87. The summed E-state index contributed by atoms with van der Waals surface area (Å²) in [6, 6.07) is 0.0952. The van der Waals surface area contributed by atoms with Gasteiger partial charge in [-0.2, -0.15) is 0 Å². The molecule has 5 nitrogen and oxygen atoms in total. The fourth-order valence-electron chi connectivity index (χ4n) is 2.63. The molecule has 0 aromatic rings. The van der Waals surface area contributed by atoms with E-state index in [0.29, 0.717) is 26.1 Å². The third kappa shape index (κ3) is 2.56. The summed E-state index contributed by atoms with van der Waals surface area (Å²) in [5.41, 5.74) is 0. The molecule has 18 heavy (non-hydrogen) atoms. The molecule has 0 radical (unpaired) electrons. The highest BCUT2D eigenvalue weighted by molar-refractivity contribution is 5.85. The topological polar surface area (TPSA) is 66.8 Å². The quantitative estimate of drug-likeness (QED) is 0.759. The average Bonchev–Trinajstić information content (AvgIpc) is 2.90. The van der Waals surface area contributed by atoms with Gasteiger partial charge in [0.05, 0.1) is 24.5 Å². The summed E-state index contributed by atoms with van der Waals surface area (Å²) in [6.07, 6.45) is 5.55. The summed E-state index contributed by atoms with van der Waals surface area (Å²) >= 11 is 0. The first-order valence-electron chi connectivity index (χ1n) is 6.33. The molecule has 0 aromatic carbocycles. The monoisotopic (exact) mass is 253 g/mol. The van der Waals surface area contributed by atoms with E-state index in [9.17, 15) is 14.7 Å². The van der Waals surface area contributed by atoms with Crippen molar-refractivity contribution < 1.29 is 19.4 Å². The van der Waals surface area contributed by atoms with Gasteiger partial charge in [-0.1, -0.05) is 12.2 Å². The van der Waals surface area contributed by atoms with Crippen LogP contribution in [0.25, 0.3) is 0 Å². The molecule has 100 valence electrons. The Kier molecular flexibility index (Phi) is 4.01. The normalized spacial score (nSPS) is 31.3. The number of carboxylic acid groups (broad SMARTS) is 1. The number of carbonyl (C=O) groups excluding carboxylic acids is 1. The summed E-state index contributed by atoms with van der Waals surface area (Å²) < 4.78 is 5.27. The van der Waals surface area contributed by atoms with E-state index in [-0.39, 0.29) is 11.9 Å². The number of aliphatic carboxylic acids is 1. The van der Waals surface area contributed by atoms with Crippen LogP contribution < -0.4 is 0 Å². The van der Waals surface area contributed by atoms with Gasteiger partial charge < -0.3 is 14.7 Å². The molecule has 1 amide bonds. The van der Waals surface area contributed by atoms with Crippen molar-refractivity contribution in [3.05, 3.63) is 12.2 Å². The number of ether oxygens (including phenoxy) is 1. The van der Waals surface area contributed by atoms with Crippen LogP contribution in [0, 0.1) is 11.8 Å². The van der Waals surface area contributed by atoms with Crippen molar-refractivity contribution >= 4 is 11.9 Å². The summed E-state index contributed by atoms with van der Waals surface area (Å²) in [5, 5.41) is 9.18. The zero-order chi connectivity index (χ0) is 13.1. The first-order chi connectivity index (χ1) is 8.61. The second-order valence-corrected chi connectivity index (χ2v) is 4.96. The minimum Gasteiger partial charge on any atom is -0.481 e. The van der Waals surface area contributed by atoms with Gasteiger partial charge in [0.25, 0.3) is 0 Å². The van der Waals surface area contributed by atoms with Gasteiger partial charge in [0.1, 0.15) is 0 Å². The van der Waals surface area contributed by atoms with Gasteiger partial charge >= 0.3 is 5.97 Å². The Bertz CT molecular complexity index is 360. The molecule has 1 fully saturated rings. The van der Waals surface area contributed by atoms with Crippen molar-refractivity contribution in [1.82, 2.24) is 4.90 Å². The van der Waals surface area contributed by atoms with Crippen molar-refractivity contribution in [1.29, 1.82) is 0 Å². The Hall–Kier alpha value is -1.36. The molecule has 1 heterocycles. The molecule has 1 aliphatic heterocycles. The first kappa shape index (κ1) is 13.1. The zero-order valence-corrected chi connectivity index (χ0v) is 10.5. The number of carboxylic acids is 1. The third-order valence-corrected chi connectivity index (χ3v) is 3.87. The standard InChI is InChI=1S/C13H19NO4/c1-14(9-6-7-18-8-9)12(15)10-4-2-3-5-11(10)13(16)17/h2-3,9-11H,4-8H2,1H3,(H,16,17). The summed E-state index contributed by atoms with van der Waals surface area (Å²) in [6.45, 7) is 1.23. The minimum absolute atomic E-state index is 0.0674. The van der Waals surface area contributed by atoms with E-state index in [1.54, 1.807) is 11.9 Å². The largest absolute Gasteiger partial charge is 0.481 e. The maximum atomic E-state index is 12.4. The van der Waals surface area contributed by atoms with Crippen LogP contribution in [0.15, 0.2) is 12.2 Å². The molecule has 2 rings (SSSR count). The molecule has 0 aromatic heterocycles. The maximum Gasteiger partial charge on any atom is 0.307 e. The molecular formula is C13H19NO4. The summed E-state index contributed by atoms with van der Waals surface area (Å²) in [5.74, 6) is -1.97. The van der Waals surface area contributed by atoms with Gasteiger partial charge in [-0.15, -0.1) is 0 Å². The summed E-state index contributed by atoms with van der Waals surface area (Å²) in [7, 11) is 1.75. The van der Waals surface area contributed by atoms with Gasteiger partial charge in [0, 0.05) is 13.7 Å². The van der Waals surface area contributed by atoms with Crippen LogP contribution in [0.1, 0.15) is 19.3 Å². The fourth-order valence-corrected chi connectivity index (χ4v) is 2.63. The Morgan fingerprint density at radius 2 is 1.94 bits per heavy atom. The number of hydrogen-bond acceptors (Lipinski definition) is 3. The van der Waals surface area contributed by atoms with Crippen molar-refractivity contribution in [2.24, 2.45) is 11.8 Å². The molecule has 1 saturated heterocycles. The van der Waals surface area contributed by atoms with E-state index in [4.69, 9.17) is 4.74 Å². The Morgan fingerprint density at radius 1 is 1.28 bits per heavy atom. The Balaban J connectivity index is 2.06. The fraction of sp³-hybridized carbons (Fsp3) is 0.692. The van der Waals surface area contributed by atoms with E-state index in [2.05, 4.69) is 0 Å². The average molecular weight is 253 g/mol. The van der Waals surface area contributed by atoms with Crippen molar-refractivity contribution in [3.63, 3.8) is 0 Å². The highest BCUT2D eigenvalue weighted by Gasteiger charge is 2.37. The van der Waals surface area contributed by atoms with E-state index in [0.717, 1.165) is 6.42 Å². The molecule has 0 bridgehead atoms. The highest BCUT2D eigenvalue weighted by atomic mass is 16.5. The van der Waals surface area contributed by atoms with Crippen molar-refractivity contribution in [3.8, 4) is 0 Å². The van der Waals surface area contributed by atoms with Gasteiger partial charge in [0.15, 0.2) is 0 Å². The van der Waals surface area contributed by atoms with E-state index >= 15 is 0 Å². The molecule has 0 spiro atoms. The number of carbonyl (C=O) groups is 2. The second kappa shape index (κ2) is 5.52. The molecule has 3 atom stereocenters. The molecule has 1 aliphatic carbocycles. The summed E-state index contributed by atoms with van der Waals surface area (Å²) in [4.78, 5) is 25.2. The zero-order valence-electron chi connectivity index (χ0n) is 10.5. The molecule has 0 saturated carbocycles. The van der Waals surface area contributed by atoms with Crippen LogP contribution in [0.5, 0.6) is 0 Å². The van der Waals surface area contributed by atoms with E-state index < -0.39 is 17.8 Å². The smallest absolute Gasteiger partial charge is 0.307 e. The van der Waals surface area contributed by atoms with Gasteiger partial charge in [-0.3, -0.25) is 9.59 Å². The first-order valence-corrected chi connectivity index (χ1v) is 6.33.